The molecule has 2 N–H and O–H groups in total. The number of halogens is 2. The van der Waals surface area contributed by atoms with Gasteiger partial charge in [-0.05, 0) is 65.0 Å². The van der Waals surface area contributed by atoms with Crippen LogP contribution in [0.2, 0.25) is 0 Å². The molecule has 1 aliphatic heterocycles. The minimum atomic E-state index is -0.309. The van der Waals surface area contributed by atoms with Crippen molar-refractivity contribution in [1.29, 1.82) is 0 Å². The van der Waals surface area contributed by atoms with Crippen molar-refractivity contribution in [2.24, 2.45) is 5.41 Å². The molecule has 0 radical (unpaired) electrons. The quantitative estimate of drug-likeness (QED) is 0.883. The van der Waals surface area contributed by atoms with Crippen molar-refractivity contribution < 1.29 is 9.18 Å². The number of amides is 1. The van der Waals surface area contributed by atoms with E-state index in [2.05, 4.69) is 33.5 Å². The van der Waals surface area contributed by atoms with Crippen LogP contribution in [0, 0.1) is 11.2 Å². The highest BCUT2D eigenvalue weighted by Gasteiger charge is 2.26. The summed E-state index contributed by atoms with van der Waals surface area (Å²) < 4.78 is 13.5. The summed E-state index contributed by atoms with van der Waals surface area (Å²) in [5.41, 5.74) is 0.996. The molecule has 1 aliphatic rings. The fraction of sp³-hybridized carbons (Fsp3) is 0.533. The number of benzene rings is 1. The lowest BCUT2D eigenvalue weighted by atomic mass is 9.81. The molecular formula is C15H20BrFN2O. The van der Waals surface area contributed by atoms with Gasteiger partial charge in [-0.15, -0.1) is 0 Å². The molecule has 0 unspecified atom stereocenters. The molecule has 0 bridgehead atoms. The van der Waals surface area contributed by atoms with Crippen LogP contribution in [0.1, 0.15) is 25.3 Å². The Bertz CT molecular complexity index is 487. The van der Waals surface area contributed by atoms with Crippen LogP contribution in [0.15, 0.2) is 22.7 Å². The Hall–Kier alpha value is -0.940. The minimum absolute atomic E-state index is 0.0109. The van der Waals surface area contributed by atoms with Crippen LogP contribution < -0.4 is 10.6 Å². The smallest absolute Gasteiger partial charge is 0.224 e. The number of carbonyl (C=O) groups excluding carboxylic acids is 1. The van der Waals surface area contributed by atoms with Gasteiger partial charge in [-0.3, -0.25) is 4.79 Å². The van der Waals surface area contributed by atoms with Gasteiger partial charge in [0.05, 0.1) is 10.9 Å². The third kappa shape index (κ3) is 4.28. The van der Waals surface area contributed by atoms with Crippen LogP contribution in [0.3, 0.4) is 0 Å². The number of carbonyl (C=O) groups is 1. The first-order valence-electron chi connectivity index (χ1n) is 6.90. The van der Waals surface area contributed by atoms with E-state index in [1.54, 1.807) is 12.1 Å². The zero-order valence-electron chi connectivity index (χ0n) is 11.6. The van der Waals surface area contributed by atoms with Crippen LogP contribution in [-0.2, 0) is 11.2 Å². The van der Waals surface area contributed by atoms with E-state index in [0.29, 0.717) is 11.0 Å². The predicted octanol–water partition coefficient (Wildman–Crippen LogP) is 2.64. The summed E-state index contributed by atoms with van der Waals surface area (Å²) in [6, 6.07) is 4.67. The first-order valence-corrected chi connectivity index (χ1v) is 7.69. The van der Waals surface area contributed by atoms with Gasteiger partial charge in [0.15, 0.2) is 0 Å². The summed E-state index contributed by atoms with van der Waals surface area (Å²) in [4.78, 5) is 12.0. The van der Waals surface area contributed by atoms with Gasteiger partial charge in [0.1, 0.15) is 5.82 Å². The lowest BCUT2D eigenvalue weighted by Gasteiger charge is -2.34. The van der Waals surface area contributed by atoms with Crippen LogP contribution in [0.25, 0.3) is 0 Å². The molecule has 3 nitrogen and oxygen atoms in total. The number of nitrogens with one attached hydrogen (secondary N) is 2. The van der Waals surface area contributed by atoms with Gasteiger partial charge in [-0.25, -0.2) is 4.39 Å². The molecule has 1 aromatic carbocycles. The first kappa shape index (κ1) is 15.4. The summed E-state index contributed by atoms with van der Waals surface area (Å²) in [6.07, 6.45) is 2.44. The summed E-state index contributed by atoms with van der Waals surface area (Å²) >= 11 is 3.13. The Labute approximate surface area is 127 Å². The number of rotatable bonds is 4. The molecule has 5 heteroatoms. The molecule has 0 spiro atoms. The van der Waals surface area contributed by atoms with E-state index in [4.69, 9.17) is 0 Å². The van der Waals surface area contributed by atoms with Crippen molar-refractivity contribution in [3.05, 3.63) is 34.1 Å². The van der Waals surface area contributed by atoms with Gasteiger partial charge in [0.25, 0.3) is 0 Å². The zero-order chi connectivity index (χ0) is 14.6. The SMILES string of the molecule is CC1(CNC(=O)Cc2ccc(F)c(Br)c2)CCNCC1. The molecule has 1 heterocycles. The number of piperidine rings is 1. The van der Waals surface area contributed by atoms with Crippen LogP contribution in [-0.4, -0.2) is 25.5 Å². The molecule has 1 saturated heterocycles. The van der Waals surface area contributed by atoms with Gasteiger partial charge < -0.3 is 10.6 Å². The Morgan fingerprint density at radius 3 is 2.80 bits per heavy atom. The molecule has 0 aliphatic carbocycles. The van der Waals surface area contributed by atoms with E-state index < -0.39 is 0 Å². The van der Waals surface area contributed by atoms with Gasteiger partial charge in [-0.1, -0.05) is 13.0 Å². The second-order valence-electron chi connectivity index (χ2n) is 5.76. The van der Waals surface area contributed by atoms with Gasteiger partial charge in [0, 0.05) is 6.54 Å². The van der Waals surface area contributed by atoms with E-state index >= 15 is 0 Å². The molecule has 1 aromatic rings. The van der Waals surface area contributed by atoms with E-state index in [9.17, 15) is 9.18 Å². The number of hydrogen-bond acceptors (Lipinski definition) is 2. The van der Waals surface area contributed by atoms with Crippen LogP contribution in [0.5, 0.6) is 0 Å². The van der Waals surface area contributed by atoms with Crippen molar-refractivity contribution in [2.45, 2.75) is 26.2 Å². The maximum atomic E-state index is 13.1. The van der Waals surface area contributed by atoms with Crippen molar-refractivity contribution in [2.75, 3.05) is 19.6 Å². The largest absolute Gasteiger partial charge is 0.355 e. The van der Waals surface area contributed by atoms with Crippen LogP contribution in [0.4, 0.5) is 4.39 Å². The predicted molar refractivity (Wildman–Crippen MR) is 81.0 cm³/mol. The lowest BCUT2D eigenvalue weighted by molar-refractivity contribution is -0.121. The molecule has 2 rings (SSSR count). The zero-order valence-corrected chi connectivity index (χ0v) is 13.2. The highest BCUT2D eigenvalue weighted by Crippen LogP contribution is 2.26. The van der Waals surface area contributed by atoms with Gasteiger partial charge in [0.2, 0.25) is 5.91 Å². The molecule has 0 saturated carbocycles. The molecule has 110 valence electrons. The molecule has 1 amide bonds. The fourth-order valence-electron chi connectivity index (χ4n) is 2.42. The van der Waals surface area contributed by atoms with E-state index in [1.165, 1.54) is 6.07 Å². The molecular weight excluding hydrogens is 323 g/mol. The Morgan fingerprint density at radius 1 is 1.45 bits per heavy atom. The monoisotopic (exact) mass is 342 g/mol. The minimum Gasteiger partial charge on any atom is -0.355 e. The maximum absolute atomic E-state index is 13.1. The molecule has 0 aromatic heterocycles. The third-order valence-electron chi connectivity index (χ3n) is 3.87. The summed E-state index contributed by atoms with van der Waals surface area (Å²) in [5, 5.41) is 6.33. The molecule has 0 atom stereocenters. The van der Waals surface area contributed by atoms with Crippen molar-refractivity contribution >= 4 is 21.8 Å². The van der Waals surface area contributed by atoms with Crippen LogP contribution >= 0.6 is 15.9 Å². The maximum Gasteiger partial charge on any atom is 0.224 e. The Morgan fingerprint density at radius 2 is 2.15 bits per heavy atom. The topological polar surface area (TPSA) is 41.1 Å². The van der Waals surface area contributed by atoms with E-state index in [0.717, 1.165) is 31.5 Å². The normalized spacial score (nSPS) is 17.8. The fourth-order valence-corrected chi connectivity index (χ4v) is 2.84. The Balaban J connectivity index is 1.84. The van der Waals surface area contributed by atoms with E-state index in [-0.39, 0.29) is 23.6 Å². The summed E-state index contributed by atoms with van der Waals surface area (Å²) in [6.45, 7) is 4.94. The second-order valence-corrected chi connectivity index (χ2v) is 6.62. The second kappa shape index (κ2) is 6.68. The molecule has 20 heavy (non-hydrogen) atoms. The van der Waals surface area contributed by atoms with Gasteiger partial charge in [-0.2, -0.15) is 0 Å². The summed E-state index contributed by atoms with van der Waals surface area (Å²) in [7, 11) is 0. The lowest BCUT2D eigenvalue weighted by Crippen LogP contribution is -2.43. The first-order chi connectivity index (χ1) is 9.48. The highest BCUT2D eigenvalue weighted by molar-refractivity contribution is 9.10. The van der Waals surface area contributed by atoms with E-state index in [1.807, 2.05) is 0 Å². The highest BCUT2D eigenvalue weighted by atomic mass is 79.9. The van der Waals surface area contributed by atoms with Crippen molar-refractivity contribution in [3.63, 3.8) is 0 Å². The Kier molecular flexibility index (Phi) is 5.16. The summed E-state index contributed by atoms with van der Waals surface area (Å²) in [5.74, 6) is -0.320. The average Bonchev–Trinajstić information content (AvgIpc) is 2.42. The average molecular weight is 343 g/mol. The van der Waals surface area contributed by atoms with Crippen molar-refractivity contribution in [3.8, 4) is 0 Å². The molecule has 1 fully saturated rings. The van der Waals surface area contributed by atoms with Crippen molar-refractivity contribution in [1.82, 2.24) is 10.6 Å². The number of hydrogen-bond donors (Lipinski definition) is 2. The third-order valence-corrected chi connectivity index (χ3v) is 4.48. The van der Waals surface area contributed by atoms with Gasteiger partial charge >= 0.3 is 0 Å². The standard InChI is InChI=1S/C15H20BrFN2O/c1-15(4-6-18-7-5-15)10-19-14(20)9-11-2-3-13(17)12(16)8-11/h2-3,8,18H,4-7,9-10H2,1H3,(H,19,20).